The maximum atomic E-state index is 12.0. The molecule has 3 heteroatoms. The van der Waals surface area contributed by atoms with Crippen LogP contribution >= 0.6 is 0 Å². The molecule has 0 saturated carbocycles. The lowest BCUT2D eigenvalue weighted by molar-refractivity contribution is -0.144. The highest BCUT2D eigenvalue weighted by atomic mass is 16.2. The second-order valence-corrected chi connectivity index (χ2v) is 5.62. The van der Waals surface area contributed by atoms with E-state index in [1.54, 1.807) is 0 Å². The zero-order chi connectivity index (χ0) is 13.9. The van der Waals surface area contributed by atoms with Crippen LogP contribution in [0, 0.1) is 0 Å². The fraction of sp³-hybridized carbons (Fsp3) is 0.875. The topological polar surface area (TPSA) is 37.4 Å². The average Bonchev–Trinajstić information content (AvgIpc) is 2.62. The van der Waals surface area contributed by atoms with Crippen molar-refractivity contribution in [2.45, 2.75) is 84.0 Å². The molecule has 1 heterocycles. The molecule has 19 heavy (non-hydrogen) atoms. The van der Waals surface area contributed by atoms with Crippen LogP contribution in [0.25, 0.3) is 0 Å². The van der Waals surface area contributed by atoms with Gasteiger partial charge in [-0.15, -0.1) is 0 Å². The molecular formula is C16H29NO2. The second kappa shape index (κ2) is 9.99. The molecule has 0 aromatic heterocycles. The predicted octanol–water partition coefficient (Wildman–Crippen LogP) is 4.06. The average molecular weight is 267 g/mol. The Morgan fingerprint density at radius 3 is 2.42 bits per heavy atom. The van der Waals surface area contributed by atoms with Crippen molar-refractivity contribution in [1.82, 2.24) is 4.90 Å². The van der Waals surface area contributed by atoms with Crippen molar-refractivity contribution in [2.24, 2.45) is 0 Å². The molecular weight excluding hydrogens is 238 g/mol. The summed E-state index contributed by atoms with van der Waals surface area (Å²) in [6.07, 6.45) is 12.6. The lowest BCUT2D eigenvalue weighted by Gasteiger charge is -2.18. The van der Waals surface area contributed by atoms with Crippen LogP contribution in [0.4, 0.5) is 0 Å². The monoisotopic (exact) mass is 267 g/mol. The Balaban J connectivity index is 2.11. The fourth-order valence-corrected chi connectivity index (χ4v) is 2.61. The van der Waals surface area contributed by atoms with Gasteiger partial charge in [-0.2, -0.15) is 0 Å². The third-order valence-corrected chi connectivity index (χ3v) is 3.87. The molecule has 2 amide bonds. The molecule has 110 valence electrons. The highest BCUT2D eigenvalue weighted by Gasteiger charge is 2.22. The lowest BCUT2D eigenvalue weighted by Crippen LogP contribution is -2.36. The molecule has 0 radical (unpaired) electrons. The summed E-state index contributed by atoms with van der Waals surface area (Å²) in [6.45, 7) is 2.87. The number of likely N-dealkylation sites (tertiary alicyclic amines) is 1. The molecule has 1 aliphatic rings. The summed E-state index contributed by atoms with van der Waals surface area (Å²) in [7, 11) is 0. The van der Waals surface area contributed by atoms with Crippen LogP contribution < -0.4 is 0 Å². The molecule has 0 N–H and O–H groups in total. The Labute approximate surface area is 117 Å². The van der Waals surface area contributed by atoms with Crippen LogP contribution in [0.3, 0.4) is 0 Å². The summed E-state index contributed by atoms with van der Waals surface area (Å²) in [4.78, 5) is 25.3. The van der Waals surface area contributed by atoms with Gasteiger partial charge in [-0.1, -0.05) is 51.9 Å². The van der Waals surface area contributed by atoms with Gasteiger partial charge in [0.1, 0.15) is 0 Å². The van der Waals surface area contributed by atoms with E-state index >= 15 is 0 Å². The number of hydrogen-bond donors (Lipinski definition) is 0. The van der Waals surface area contributed by atoms with E-state index in [4.69, 9.17) is 0 Å². The number of nitrogens with zero attached hydrogens (tertiary/aromatic N) is 1. The largest absolute Gasteiger partial charge is 0.283 e. The lowest BCUT2D eigenvalue weighted by atomic mass is 10.1. The Kier molecular flexibility index (Phi) is 8.52. The van der Waals surface area contributed by atoms with E-state index in [9.17, 15) is 9.59 Å². The number of carbonyl (C=O) groups is 2. The van der Waals surface area contributed by atoms with Gasteiger partial charge in [-0.3, -0.25) is 14.5 Å². The molecule has 0 bridgehead atoms. The van der Waals surface area contributed by atoms with Crippen molar-refractivity contribution in [3.63, 3.8) is 0 Å². The van der Waals surface area contributed by atoms with Gasteiger partial charge in [0.15, 0.2) is 0 Å². The van der Waals surface area contributed by atoms with Crippen LogP contribution in [-0.4, -0.2) is 23.3 Å². The van der Waals surface area contributed by atoms with E-state index in [0.717, 1.165) is 32.1 Å². The van der Waals surface area contributed by atoms with Crippen LogP contribution in [-0.2, 0) is 9.59 Å². The number of hydrogen-bond acceptors (Lipinski definition) is 2. The molecule has 0 aliphatic carbocycles. The van der Waals surface area contributed by atoms with Crippen molar-refractivity contribution in [3.05, 3.63) is 0 Å². The van der Waals surface area contributed by atoms with E-state index in [0.29, 0.717) is 19.4 Å². The minimum Gasteiger partial charge on any atom is -0.283 e. The first-order chi connectivity index (χ1) is 9.25. The van der Waals surface area contributed by atoms with Crippen molar-refractivity contribution in [2.75, 3.05) is 6.54 Å². The summed E-state index contributed by atoms with van der Waals surface area (Å²) in [5, 5.41) is 0. The molecule has 0 aromatic rings. The summed E-state index contributed by atoms with van der Waals surface area (Å²) in [6, 6.07) is 0. The van der Waals surface area contributed by atoms with Crippen LogP contribution in [0.1, 0.15) is 84.0 Å². The van der Waals surface area contributed by atoms with Crippen LogP contribution in [0.2, 0.25) is 0 Å². The van der Waals surface area contributed by atoms with E-state index < -0.39 is 0 Å². The molecule has 3 nitrogen and oxygen atoms in total. The molecule has 0 spiro atoms. The smallest absolute Gasteiger partial charge is 0.229 e. The number of unbranched alkanes of at least 4 members (excludes halogenated alkanes) is 6. The predicted molar refractivity (Wildman–Crippen MR) is 77.8 cm³/mol. The first-order valence-corrected chi connectivity index (χ1v) is 8.09. The summed E-state index contributed by atoms with van der Waals surface area (Å²) in [5.74, 6) is 0.103. The van der Waals surface area contributed by atoms with Gasteiger partial charge >= 0.3 is 0 Å². The van der Waals surface area contributed by atoms with Crippen molar-refractivity contribution in [3.8, 4) is 0 Å². The van der Waals surface area contributed by atoms with Crippen molar-refractivity contribution in [1.29, 1.82) is 0 Å². The Bertz CT molecular complexity index is 276. The summed E-state index contributed by atoms with van der Waals surface area (Å²) in [5.41, 5.74) is 0. The quantitative estimate of drug-likeness (QED) is 0.622. The van der Waals surface area contributed by atoms with Gasteiger partial charge in [-0.25, -0.2) is 0 Å². The maximum absolute atomic E-state index is 12.0. The number of rotatable bonds is 8. The van der Waals surface area contributed by atoms with Crippen LogP contribution in [0.15, 0.2) is 0 Å². The Morgan fingerprint density at radius 2 is 1.68 bits per heavy atom. The second-order valence-electron chi connectivity index (χ2n) is 5.62. The van der Waals surface area contributed by atoms with E-state index in [1.807, 2.05) is 0 Å². The van der Waals surface area contributed by atoms with E-state index in [2.05, 4.69) is 6.92 Å². The molecule has 1 aliphatic heterocycles. The molecule has 0 aromatic carbocycles. The van der Waals surface area contributed by atoms with Crippen molar-refractivity contribution >= 4 is 11.8 Å². The highest BCUT2D eigenvalue weighted by molar-refractivity contribution is 5.95. The number of amides is 2. The molecule has 0 atom stereocenters. The number of carbonyl (C=O) groups excluding carboxylic acids is 2. The van der Waals surface area contributed by atoms with Gasteiger partial charge in [0.2, 0.25) is 11.8 Å². The first-order valence-electron chi connectivity index (χ1n) is 8.09. The van der Waals surface area contributed by atoms with Gasteiger partial charge in [-0.05, 0) is 19.3 Å². The van der Waals surface area contributed by atoms with Gasteiger partial charge in [0.05, 0.1) is 0 Å². The first kappa shape index (κ1) is 16.2. The Hall–Kier alpha value is -0.860. The molecule has 0 unspecified atom stereocenters. The fourth-order valence-electron chi connectivity index (χ4n) is 2.61. The molecule has 1 rings (SSSR count). The minimum absolute atomic E-state index is 0.0467. The standard InChI is InChI=1S/C16H29NO2/c1-2-3-4-5-6-7-9-12-15(18)17-14-11-8-10-13-16(17)19/h2-14H2,1H3. The minimum atomic E-state index is 0.0467. The highest BCUT2D eigenvalue weighted by Crippen LogP contribution is 2.14. The van der Waals surface area contributed by atoms with Crippen molar-refractivity contribution < 1.29 is 9.59 Å². The summed E-state index contributed by atoms with van der Waals surface area (Å²) >= 11 is 0. The van der Waals surface area contributed by atoms with Crippen LogP contribution in [0.5, 0.6) is 0 Å². The Morgan fingerprint density at radius 1 is 1.00 bits per heavy atom. The molecule has 1 fully saturated rings. The SMILES string of the molecule is CCCCCCCCCC(=O)N1CCCCCC1=O. The van der Waals surface area contributed by atoms with Gasteiger partial charge in [0, 0.05) is 19.4 Å². The van der Waals surface area contributed by atoms with Gasteiger partial charge < -0.3 is 0 Å². The molecule has 1 saturated heterocycles. The third-order valence-electron chi connectivity index (χ3n) is 3.87. The zero-order valence-corrected chi connectivity index (χ0v) is 12.5. The third kappa shape index (κ3) is 6.74. The van der Waals surface area contributed by atoms with E-state index in [-0.39, 0.29) is 11.8 Å². The zero-order valence-electron chi connectivity index (χ0n) is 12.5. The van der Waals surface area contributed by atoms with E-state index in [1.165, 1.54) is 37.0 Å². The maximum Gasteiger partial charge on any atom is 0.229 e. The summed E-state index contributed by atoms with van der Waals surface area (Å²) < 4.78 is 0. The normalized spacial score (nSPS) is 16.5. The van der Waals surface area contributed by atoms with Gasteiger partial charge in [0.25, 0.3) is 0 Å². The number of imide groups is 1.